The summed E-state index contributed by atoms with van der Waals surface area (Å²) in [7, 11) is 0. The Balaban J connectivity index is 1.67. The van der Waals surface area contributed by atoms with Gasteiger partial charge in [0, 0.05) is 18.0 Å². The average Bonchev–Trinajstić information content (AvgIpc) is 2.80. The van der Waals surface area contributed by atoms with Crippen LogP contribution in [0, 0.1) is 6.92 Å². The van der Waals surface area contributed by atoms with Gasteiger partial charge in [-0.15, -0.1) is 11.3 Å². The maximum atomic E-state index is 5.78. The van der Waals surface area contributed by atoms with Crippen molar-refractivity contribution in [1.82, 2.24) is 14.9 Å². The molecule has 0 spiro atoms. The molecule has 0 aromatic carbocycles. The molecule has 20 heavy (non-hydrogen) atoms. The van der Waals surface area contributed by atoms with Crippen molar-refractivity contribution in [2.75, 3.05) is 37.2 Å². The first kappa shape index (κ1) is 13.6. The minimum atomic E-state index is 0.347. The number of thiophene rings is 1. The van der Waals surface area contributed by atoms with Gasteiger partial charge in [-0.3, -0.25) is 0 Å². The van der Waals surface area contributed by atoms with Gasteiger partial charge < -0.3 is 16.0 Å². The highest BCUT2D eigenvalue weighted by Gasteiger charge is 2.11. The summed E-state index contributed by atoms with van der Waals surface area (Å²) in [6, 6.07) is 2.13. The van der Waals surface area contributed by atoms with Crippen molar-refractivity contribution in [3.8, 4) is 0 Å². The second-order valence-electron chi connectivity index (χ2n) is 5.34. The Morgan fingerprint density at radius 2 is 2.10 bits per heavy atom. The third-order valence-corrected chi connectivity index (χ3v) is 4.65. The van der Waals surface area contributed by atoms with E-state index in [1.807, 2.05) is 0 Å². The van der Waals surface area contributed by atoms with Crippen LogP contribution in [-0.2, 0) is 0 Å². The number of nitrogens with two attached hydrogens (primary N) is 1. The minimum Gasteiger partial charge on any atom is -0.368 e. The standard InChI is InChI=1S/C14H21N5S/c1-10-9-11-12(17-14(15)18-13(11)20-10)16-5-8-19-6-3-2-4-7-19/h9H,2-8H2,1H3,(H3,15,16,17,18). The number of hydrogen-bond acceptors (Lipinski definition) is 6. The molecule has 2 aromatic heterocycles. The second-order valence-corrected chi connectivity index (χ2v) is 6.57. The molecular formula is C14H21N5S. The quantitative estimate of drug-likeness (QED) is 0.906. The SMILES string of the molecule is Cc1cc2c(NCCN3CCCCC3)nc(N)nc2s1. The molecule has 0 atom stereocenters. The fourth-order valence-electron chi connectivity index (χ4n) is 2.71. The van der Waals surface area contributed by atoms with E-state index < -0.39 is 0 Å². The normalized spacial score (nSPS) is 16.6. The Morgan fingerprint density at radius 3 is 2.90 bits per heavy atom. The molecule has 1 aliphatic heterocycles. The fourth-order valence-corrected chi connectivity index (χ4v) is 3.60. The number of aromatic nitrogens is 2. The Hall–Kier alpha value is -1.40. The molecule has 1 aliphatic rings. The number of nitrogens with one attached hydrogen (secondary N) is 1. The molecule has 0 saturated carbocycles. The summed E-state index contributed by atoms with van der Waals surface area (Å²) < 4.78 is 0. The van der Waals surface area contributed by atoms with Crippen LogP contribution in [0.4, 0.5) is 11.8 Å². The van der Waals surface area contributed by atoms with Crippen LogP contribution in [0.15, 0.2) is 6.07 Å². The number of likely N-dealkylation sites (tertiary alicyclic amines) is 1. The monoisotopic (exact) mass is 291 g/mol. The fraction of sp³-hybridized carbons (Fsp3) is 0.571. The summed E-state index contributed by atoms with van der Waals surface area (Å²) in [6.07, 6.45) is 4.03. The number of aryl methyl sites for hydroxylation is 1. The van der Waals surface area contributed by atoms with Crippen LogP contribution in [0.5, 0.6) is 0 Å². The first-order valence-electron chi connectivity index (χ1n) is 7.22. The molecule has 2 aromatic rings. The van der Waals surface area contributed by atoms with Crippen molar-refractivity contribution in [3.05, 3.63) is 10.9 Å². The van der Waals surface area contributed by atoms with Crippen molar-refractivity contribution in [3.63, 3.8) is 0 Å². The number of rotatable bonds is 4. The zero-order valence-corrected chi connectivity index (χ0v) is 12.7. The molecule has 0 unspecified atom stereocenters. The topological polar surface area (TPSA) is 67.1 Å². The summed E-state index contributed by atoms with van der Waals surface area (Å²) in [5.41, 5.74) is 5.78. The second kappa shape index (κ2) is 5.93. The highest BCUT2D eigenvalue weighted by Crippen LogP contribution is 2.28. The average molecular weight is 291 g/mol. The van der Waals surface area contributed by atoms with E-state index in [0.29, 0.717) is 5.95 Å². The van der Waals surface area contributed by atoms with Gasteiger partial charge in [-0.1, -0.05) is 6.42 Å². The van der Waals surface area contributed by atoms with Crippen LogP contribution < -0.4 is 11.1 Å². The predicted molar refractivity (Wildman–Crippen MR) is 85.3 cm³/mol. The van der Waals surface area contributed by atoms with Gasteiger partial charge in [0.2, 0.25) is 5.95 Å². The van der Waals surface area contributed by atoms with E-state index in [0.717, 1.165) is 29.1 Å². The number of fused-ring (bicyclic) bond motifs is 1. The lowest BCUT2D eigenvalue weighted by atomic mass is 10.1. The Morgan fingerprint density at radius 1 is 1.30 bits per heavy atom. The molecule has 5 nitrogen and oxygen atoms in total. The molecule has 3 heterocycles. The maximum absolute atomic E-state index is 5.78. The van der Waals surface area contributed by atoms with Crippen molar-refractivity contribution in [2.45, 2.75) is 26.2 Å². The van der Waals surface area contributed by atoms with Gasteiger partial charge in [0.25, 0.3) is 0 Å². The zero-order chi connectivity index (χ0) is 13.9. The van der Waals surface area contributed by atoms with Crippen LogP contribution in [-0.4, -0.2) is 41.0 Å². The third-order valence-electron chi connectivity index (χ3n) is 3.70. The lowest BCUT2D eigenvalue weighted by molar-refractivity contribution is 0.237. The van der Waals surface area contributed by atoms with Crippen molar-refractivity contribution >= 4 is 33.3 Å². The molecule has 3 rings (SSSR count). The number of nitrogens with zero attached hydrogens (tertiary/aromatic N) is 3. The van der Waals surface area contributed by atoms with E-state index in [1.54, 1.807) is 11.3 Å². The molecule has 108 valence electrons. The van der Waals surface area contributed by atoms with E-state index in [4.69, 9.17) is 5.73 Å². The lowest BCUT2D eigenvalue weighted by Crippen LogP contribution is -2.33. The number of piperidine rings is 1. The molecule has 0 bridgehead atoms. The highest BCUT2D eigenvalue weighted by molar-refractivity contribution is 7.18. The number of nitrogen functional groups attached to an aromatic ring is 1. The first-order valence-corrected chi connectivity index (χ1v) is 8.04. The molecule has 3 N–H and O–H groups in total. The molecule has 0 amide bonds. The molecule has 6 heteroatoms. The van der Waals surface area contributed by atoms with Crippen molar-refractivity contribution in [2.24, 2.45) is 0 Å². The summed E-state index contributed by atoms with van der Waals surface area (Å²) in [4.78, 5) is 13.3. The van der Waals surface area contributed by atoms with Gasteiger partial charge in [0.15, 0.2) is 0 Å². The van der Waals surface area contributed by atoms with E-state index in [-0.39, 0.29) is 0 Å². The Kier molecular flexibility index (Phi) is 4.03. The van der Waals surface area contributed by atoms with E-state index in [2.05, 4.69) is 33.2 Å². The lowest BCUT2D eigenvalue weighted by Gasteiger charge is -2.26. The van der Waals surface area contributed by atoms with Crippen LogP contribution in [0.1, 0.15) is 24.1 Å². The van der Waals surface area contributed by atoms with Gasteiger partial charge in [-0.2, -0.15) is 4.98 Å². The van der Waals surface area contributed by atoms with E-state index in [9.17, 15) is 0 Å². The summed E-state index contributed by atoms with van der Waals surface area (Å²) in [6.45, 7) is 6.50. The summed E-state index contributed by atoms with van der Waals surface area (Å²) in [5, 5.41) is 4.51. The summed E-state index contributed by atoms with van der Waals surface area (Å²) in [5.74, 6) is 1.22. The van der Waals surface area contributed by atoms with Crippen LogP contribution >= 0.6 is 11.3 Å². The predicted octanol–water partition coefficient (Wildman–Crippen LogP) is 2.48. The summed E-state index contributed by atoms with van der Waals surface area (Å²) >= 11 is 1.66. The van der Waals surface area contributed by atoms with Crippen LogP contribution in [0.25, 0.3) is 10.2 Å². The zero-order valence-electron chi connectivity index (χ0n) is 11.9. The minimum absolute atomic E-state index is 0.347. The van der Waals surface area contributed by atoms with Gasteiger partial charge in [0.05, 0.1) is 5.39 Å². The van der Waals surface area contributed by atoms with E-state index >= 15 is 0 Å². The van der Waals surface area contributed by atoms with Gasteiger partial charge in [-0.05, 0) is 38.9 Å². The van der Waals surface area contributed by atoms with Crippen LogP contribution in [0.3, 0.4) is 0 Å². The Labute approximate surface area is 123 Å². The number of anilines is 2. The molecule has 0 aliphatic carbocycles. The molecule has 1 fully saturated rings. The maximum Gasteiger partial charge on any atom is 0.223 e. The van der Waals surface area contributed by atoms with Crippen molar-refractivity contribution in [1.29, 1.82) is 0 Å². The largest absolute Gasteiger partial charge is 0.368 e. The molecule has 1 saturated heterocycles. The highest BCUT2D eigenvalue weighted by atomic mass is 32.1. The van der Waals surface area contributed by atoms with Crippen molar-refractivity contribution < 1.29 is 0 Å². The number of hydrogen-bond donors (Lipinski definition) is 2. The van der Waals surface area contributed by atoms with Crippen LogP contribution in [0.2, 0.25) is 0 Å². The van der Waals surface area contributed by atoms with Gasteiger partial charge >= 0.3 is 0 Å². The van der Waals surface area contributed by atoms with E-state index in [1.165, 1.54) is 37.2 Å². The molecule has 0 radical (unpaired) electrons. The van der Waals surface area contributed by atoms with Gasteiger partial charge in [0.1, 0.15) is 10.6 Å². The molecular weight excluding hydrogens is 270 g/mol. The third kappa shape index (κ3) is 3.02. The first-order chi connectivity index (χ1) is 9.72. The van der Waals surface area contributed by atoms with Gasteiger partial charge in [-0.25, -0.2) is 4.98 Å². The Bertz CT molecular complexity index is 589. The smallest absolute Gasteiger partial charge is 0.223 e.